The summed E-state index contributed by atoms with van der Waals surface area (Å²) < 4.78 is 4.95. The Hall–Kier alpha value is -2.40. The van der Waals surface area contributed by atoms with E-state index >= 15 is 0 Å². The maximum absolute atomic E-state index is 12.1. The van der Waals surface area contributed by atoms with Gasteiger partial charge in [0, 0.05) is 26.4 Å². The predicted molar refractivity (Wildman–Crippen MR) is 87.0 cm³/mol. The van der Waals surface area contributed by atoms with Crippen molar-refractivity contribution in [1.29, 1.82) is 0 Å². The summed E-state index contributed by atoms with van der Waals surface area (Å²) in [7, 11) is 1.65. The molecule has 0 radical (unpaired) electrons. The molecule has 0 aliphatic heterocycles. The zero-order chi connectivity index (χ0) is 15.8. The smallest absolute Gasteiger partial charge is 0.253 e. The summed E-state index contributed by atoms with van der Waals surface area (Å²) in [6.07, 6.45) is 1.57. The van der Waals surface area contributed by atoms with Gasteiger partial charge in [0.15, 0.2) is 0 Å². The van der Waals surface area contributed by atoms with Crippen LogP contribution in [0.25, 0.3) is 0 Å². The van der Waals surface area contributed by atoms with Crippen LogP contribution in [0.2, 0.25) is 0 Å². The predicted octanol–water partition coefficient (Wildman–Crippen LogP) is 2.38. The van der Waals surface area contributed by atoms with Crippen LogP contribution in [0.4, 0.5) is 5.82 Å². The Morgan fingerprint density at radius 1 is 1.27 bits per heavy atom. The Labute approximate surface area is 130 Å². The van der Waals surface area contributed by atoms with Crippen molar-refractivity contribution in [3.63, 3.8) is 0 Å². The van der Waals surface area contributed by atoms with Crippen LogP contribution in [-0.4, -0.2) is 31.2 Å². The highest BCUT2D eigenvalue weighted by atomic mass is 16.5. The number of aryl methyl sites for hydroxylation is 1. The van der Waals surface area contributed by atoms with E-state index in [4.69, 9.17) is 4.74 Å². The quantitative estimate of drug-likeness (QED) is 0.771. The molecule has 0 saturated carbocycles. The highest BCUT2D eigenvalue weighted by molar-refractivity contribution is 5.94. The monoisotopic (exact) mass is 299 g/mol. The van der Waals surface area contributed by atoms with Crippen LogP contribution in [0.15, 0.2) is 42.6 Å². The Kier molecular flexibility index (Phi) is 5.91. The van der Waals surface area contributed by atoms with Crippen LogP contribution in [0.1, 0.15) is 21.5 Å². The van der Waals surface area contributed by atoms with E-state index in [-0.39, 0.29) is 5.91 Å². The Balaban J connectivity index is 1.87. The van der Waals surface area contributed by atoms with Crippen molar-refractivity contribution in [2.75, 3.05) is 25.6 Å². The standard InChI is InChI=1S/C17H21N3O2/c1-13-4-3-5-14(10-13)11-20-17(21)15-6-7-16(19-12-15)18-8-9-22-2/h3-7,10,12H,8-9,11H2,1-2H3,(H,18,19)(H,20,21). The lowest BCUT2D eigenvalue weighted by Crippen LogP contribution is -2.23. The summed E-state index contributed by atoms with van der Waals surface area (Å²) in [5.41, 5.74) is 2.81. The number of nitrogens with zero attached hydrogens (tertiary/aromatic N) is 1. The maximum Gasteiger partial charge on any atom is 0.253 e. The lowest BCUT2D eigenvalue weighted by atomic mass is 10.1. The molecule has 22 heavy (non-hydrogen) atoms. The van der Waals surface area contributed by atoms with Crippen LogP contribution in [-0.2, 0) is 11.3 Å². The summed E-state index contributed by atoms with van der Waals surface area (Å²) in [6.45, 7) is 3.84. The summed E-state index contributed by atoms with van der Waals surface area (Å²) in [5.74, 6) is 0.602. The lowest BCUT2D eigenvalue weighted by Gasteiger charge is -2.07. The van der Waals surface area contributed by atoms with Crippen LogP contribution in [0.5, 0.6) is 0 Å². The zero-order valence-corrected chi connectivity index (χ0v) is 12.9. The SMILES string of the molecule is COCCNc1ccc(C(=O)NCc2cccc(C)c2)cn1. The average molecular weight is 299 g/mol. The number of hydrogen-bond acceptors (Lipinski definition) is 4. The van der Waals surface area contributed by atoms with Crippen LogP contribution in [0, 0.1) is 6.92 Å². The zero-order valence-electron chi connectivity index (χ0n) is 12.9. The number of hydrogen-bond donors (Lipinski definition) is 2. The maximum atomic E-state index is 12.1. The molecule has 2 aromatic rings. The molecule has 1 aromatic heterocycles. The third-order valence-corrected chi connectivity index (χ3v) is 3.17. The highest BCUT2D eigenvalue weighted by Crippen LogP contribution is 2.06. The molecule has 2 N–H and O–H groups in total. The number of anilines is 1. The van der Waals surface area contributed by atoms with E-state index < -0.39 is 0 Å². The molecule has 0 fully saturated rings. The molecule has 5 heteroatoms. The molecule has 5 nitrogen and oxygen atoms in total. The molecule has 1 heterocycles. The molecule has 116 valence electrons. The first-order valence-electron chi connectivity index (χ1n) is 7.21. The average Bonchev–Trinajstić information content (AvgIpc) is 2.54. The molecule has 0 spiro atoms. The first-order chi connectivity index (χ1) is 10.7. The summed E-state index contributed by atoms with van der Waals surface area (Å²) >= 11 is 0. The van der Waals surface area contributed by atoms with Crippen molar-refractivity contribution in [2.45, 2.75) is 13.5 Å². The summed E-state index contributed by atoms with van der Waals surface area (Å²) in [6, 6.07) is 11.6. The van der Waals surface area contributed by atoms with E-state index in [1.807, 2.05) is 25.1 Å². The molecular formula is C17H21N3O2. The molecule has 1 aromatic carbocycles. The fourth-order valence-corrected chi connectivity index (χ4v) is 2.02. The van der Waals surface area contributed by atoms with Gasteiger partial charge in [-0.3, -0.25) is 4.79 Å². The molecule has 0 aliphatic rings. The van der Waals surface area contributed by atoms with E-state index in [0.717, 1.165) is 11.4 Å². The van der Waals surface area contributed by atoms with Crippen molar-refractivity contribution < 1.29 is 9.53 Å². The van der Waals surface area contributed by atoms with Gasteiger partial charge < -0.3 is 15.4 Å². The molecule has 0 saturated heterocycles. The third-order valence-electron chi connectivity index (χ3n) is 3.17. The van der Waals surface area contributed by atoms with Gasteiger partial charge in [0.25, 0.3) is 5.91 Å². The molecular weight excluding hydrogens is 278 g/mol. The van der Waals surface area contributed by atoms with Crippen LogP contribution in [0.3, 0.4) is 0 Å². The van der Waals surface area contributed by atoms with E-state index in [1.54, 1.807) is 25.4 Å². The molecule has 0 bridgehead atoms. The number of nitrogens with one attached hydrogen (secondary N) is 2. The van der Waals surface area contributed by atoms with Gasteiger partial charge in [0.1, 0.15) is 5.82 Å². The normalized spacial score (nSPS) is 10.3. The number of benzene rings is 1. The second-order valence-corrected chi connectivity index (χ2v) is 5.02. The fourth-order valence-electron chi connectivity index (χ4n) is 2.02. The van der Waals surface area contributed by atoms with E-state index in [1.165, 1.54) is 5.56 Å². The summed E-state index contributed by atoms with van der Waals surface area (Å²) in [5, 5.41) is 6.00. The van der Waals surface area contributed by atoms with Crippen molar-refractivity contribution in [3.8, 4) is 0 Å². The molecule has 1 amide bonds. The van der Waals surface area contributed by atoms with Crippen molar-refractivity contribution in [3.05, 3.63) is 59.3 Å². The number of rotatable bonds is 7. The van der Waals surface area contributed by atoms with E-state index in [0.29, 0.717) is 25.3 Å². The first-order valence-corrected chi connectivity index (χ1v) is 7.21. The van der Waals surface area contributed by atoms with Crippen LogP contribution >= 0.6 is 0 Å². The number of ether oxygens (including phenoxy) is 1. The van der Waals surface area contributed by atoms with Crippen molar-refractivity contribution in [2.24, 2.45) is 0 Å². The van der Waals surface area contributed by atoms with Crippen molar-refractivity contribution in [1.82, 2.24) is 10.3 Å². The second kappa shape index (κ2) is 8.14. The molecule has 2 rings (SSSR count). The van der Waals surface area contributed by atoms with Crippen molar-refractivity contribution >= 4 is 11.7 Å². The van der Waals surface area contributed by atoms with E-state index in [9.17, 15) is 4.79 Å². The van der Waals surface area contributed by atoms with Gasteiger partial charge in [-0.15, -0.1) is 0 Å². The van der Waals surface area contributed by atoms with Gasteiger partial charge in [0.05, 0.1) is 12.2 Å². The minimum atomic E-state index is -0.127. The second-order valence-electron chi connectivity index (χ2n) is 5.02. The van der Waals surface area contributed by atoms with Crippen LogP contribution < -0.4 is 10.6 Å². The Bertz CT molecular complexity index is 612. The Morgan fingerprint density at radius 2 is 2.14 bits per heavy atom. The molecule has 0 atom stereocenters. The summed E-state index contributed by atoms with van der Waals surface area (Å²) in [4.78, 5) is 16.3. The number of methoxy groups -OCH3 is 1. The van der Waals surface area contributed by atoms with Gasteiger partial charge in [-0.1, -0.05) is 29.8 Å². The fraction of sp³-hybridized carbons (Fsp3) is 0.294. The molecule has 0 aliphatic carbocycles. The number of carbonyl (C=O) groups is 1. The minimum Gasteiger partial charge on any atom is -0.383 e. The number of carbonyl (C=O) groups excluding carboxylic acids is 1. The lowest BCUT2D eigenvalue weighted by molar-refractivity contribution is 0.0950. The van der Waals surface area contributed by atoms with E-state index in [2.05, 4.69) is 21.7 Å². The number of aromatic nitrogens is 1. The number of pyridine rings is 1. The van der Waals surface area contributed by atoms with Gasteiger partial charge in [-0.2, -0.15) is 0 Å². The topological polar surface area (TPSA) is 63.2 Å². The Morgan fingerprint density at radius 3 is 2.82 bits per heavy atom. The van der Waals surface area contributed by atoms with Gasteiger partial charge in [-0.25, -0.2) is 4.98 Å². The highest BCUT2D eigenvalue weighted by Gasteiger charge is 2.06. The minimum absolute atomic E-state index is 0.127. The third kappa shape index (κ3) is 4.86. The molecule has 0 unspecified atom stereocenters. The first kappa shape index (κ1) is 16.0. The van der Waals surface area contributed by atoms with Gasteiger partial charge in [0.2, 0.25) is 0 Å². The largest absolute Gasteiger partial charge is 0.383 e. The van der Waals surface area contributed by atoms with Gasteiger partial charge >= 0.3 is 0 Å². The number of amides is 1. The van der Waals surface area contributed by atoms with Gasteiger partial charge in [-0.05, 0) is 24.6 Å².